The summed E-state index contributed by atoms with van der Waals surface area (Å²) in [7, 11) is 4.16. The van der Waals surface area contributed by atoms with Gasteiger partial charge in [0.2, 0.25) is 5.91 Å². The van der Waals surface area contributed by atoms with Gasteiger partial charge in [0, 0.05) is 24.4 Å². The van der Waals surface area contributed by atoms with Gasteiger partial charge in [-0.15, -0.1) is 12.4 Å². The molecule has 0 saturated carbocycles. The van der Waals surface area contributed by atoms with Crippen molar-refractivity contribution < 1.29 is 4.79 Å². The molecule has 0 spiro atoms. The zero-order valence-electron chi connectivity index (χ0n) is 12.7. The number of hydrogen-bond acceptors (Lipinski definition) is 4. The molecule has 1 aliphatic rings. The number of thioether (sulfide) groups is 1. The summed E-state index contributed by atoms with van der Waals surface area (Å²) in [5.74, 6) is 0.104. The van der Waals surface area contributed by atoms with Crippen LogP contribution >= 0.6 is 24.2 Å². The maximum atomic E-state index is 12.5. The number of likely N-dealkylation sites (tertiary alicyclic amines) is 1. The summed E-state index contributed by atoms with van der Waals surface area (Å²) in [6, 6.07) is 0.432. The third-order valence-corrected chi connectivity index (χ3v) is 4.82. The van der Waals surface area contributed by atoms with Crippen molar-refractivity contribution in [2.75, 3.05) is 33.4 Å². The summed E-state index contributed by atoms with van der Waals surface area (Å²) < 4.78 is 0. The molecule has 0 bridgehead atoms. The summed E-state index contributed by atoms with van der Waals surface area (Å²) >= 11 is 1.84. The Labute approximate surface area is 127 Å². The summed E-state index contributed by atoms with van der Waals surface area (Å²) in [5.41, 5.74) is 5.44. The third kappa shape index (κ3) is 4.52. The van der Waals surface area contributed by atoms with Gasteiger partial charge in [0.25, 0.3) is 0 Å². The predicted molar refractivity (Wildman–Crippen MR) is 86.1 cm³/mol. The molecule has 1 heterocycles. The van der Waals surface area contributed by atoms with E-state index >= 15 is 0 Å². The minimum atomic E-state index is -0.709. The number of carbonyl (C=O) groups excluding carboxylic acids is 1. The first-order valence-corrected chi connectivity index (χ1v) is 7.89. The number of amides is 1. The molecule has 1 rings (SSSR count). The first-order valence-electron chi connectivity index (χ1n) is 6.61. The number of hydrogen-bond donors (Lipinski definition) is 1. The molecule has 0 aromatic carbocycles. The number of rotatable bonds is 5. The lowest BCUT2D eigenvalue weighted by molar-refractivity contribution is -0.135. The fourth-order valence-corrected chi connectivity index (χ4v) is 3.61. The van der Waals surface area contributed by atoms with Gasteiger partial charge >= 0.3 is 0 Å². The molecule has 0 aromatic rings. The van der Waals surface area contributed by atoms with Crippen LogP contribution < -0.4 is 5.73 Å². The summed E-state index contributed by atoms with van der Waals surface area (Å²) in [4.78, 5) is 16.6. The first kappa shape index (κ1) is 19.0. The average molecular weight is 310 g/mol. The van der Waals surface area contributed by atoms with Crippen molar-refractivity contribution in [3.63, 3.8) is 0 Å². The van der Waals surface area contributed by atoms with E-state index in [-0.39, 0.29) is 18.3 Å². The molecular weight excluding hydrogens is 282 g/mol. The lowest BCUT2D eigenvalue weighted by atomic mass is 9.96. The van der Waals surface area contributed by atoms with Crippen molar-refractivity contribution in [3.8, 4) is 0 Å². The molecule has 1 saturated heterocycles. The number of halogens is 1. The van der Waals surface area contributed by atoms with E-state index in [1.54, 1.807) is 0 Å². The van der Waals surface area contributed by atoms with Gasteiger partial charge < -0.3 is 15.5 Å². The number of nitrogens with zero attached hydrogens (tertiary/aromatic N) is 2. The van der Waals surface area contributed by atoms with Gasteiger partial charge in [0.15, 0.2) is 0 Å². The van der Waals surface area contributed by atoms with Gasteiger partial charge in [0.1, 0.15) is 0 Å². The van der Waals surface area contributed by atoms with E-state index in [4.69, 9.17) is 5.73 Å². The van der Waals surface area contributed by atoms with E-state index in [9.17, 15) is 4.79 Å². The largest absolute Gasteiger partial charge is 0.338 e. The van der Waals surface area contributed by atoms with Crippen LogP contribution in [0.4, 0.5) is 0 Å². The number of nitrogens with two attached hydrogens (primary N) is 1. The van der Waals surface area contributed by atoms with Crippen LogP contribution in [0.15, 0.2) is 0 Å². The van der Waals surface area contributed by atoms with Crippen molar-refractivity contribution >= 4 is 30.1 Å². The quantitative estimate of drug-likeness (QED) is 0.835. The standard InChI is InChI=1S/C13H27N3OS.ClH/c1-6-7-13(2,14)12(17)16-8-10(15(3)4)11(9-16)18-5;/h10-11H,6-9,14H2,1-5H3;1H. The molecular formula is C13H28ClN3OS. The Kier molecular flexibility index (Phi) is 7.73. The highest BCUT2D eigenvalue weighted by Gasteiger charge is 2.40. The zero-order chi connectivity index (χ0) is 13.9. The Morgan fingerprint density at radius 2 is 2.05 bits per heavy atom. The molecule has 0 aromatic heterocycles. The van der Waals surface area contributed by atoms with Gasteiger partial charge in [-0.2, -0.15) is 11.8 Å². The molecule has 6 heteroatoms. The fourth-order valence-electron chi connectivity index (χ4n) is 2.64. The Balaban J connectivity index is 0.00000324. The molecule has 1 aliphatic heterocycles. The van der Waals surface area contributed by atoms with E-state index < -0.39 is 5.54 Å². The maximum absolute atomic E-state index is 12.5. The van der Waals surface area contributed by atoms with Crippen molar-refractivity contribution in [3.05, 3.63) is 0 Å². The molecule has 3 unspecified atom stereocenters. The van der Waals surface area contributed by atoms with E-state index in [0.29, 0.717) is 11.3 Å². The van der Waals surface area contributed by atoms with Crippen LogP contribution in [0.5, 0.6) is 0 Å². The maximum Gasteiger partial charge on any atom is 0.242 e. The van der Waals surface area contributed by atoms with Crippen LogP contribution in [0.25, 0.3) is 0 Å². The van der Waals surface area contributed by atoms with Gasteiger partial charge in [-0.3, -0.25) is 4.79 Å². The molecule has 0 radical (unpaired) electrons. The Hall–Kier alpha value is 0.0300. The highest BCUT2D eigenvalue weighted by molar-refractivity contribution is 7.99. The SMILES string of the molecule is CCCC(C)(N)C(=O)N1CC(SC)C(N(C)C)C1.Cl. The topological polar surface area (TPSA) is 49.6 Å². The second-order valence-corrected chi connectivity index (χ2v) is 6.76. The van der Waals surface area contributed by atoms with Gasteiger partial charge in [0.05, 0.1) is 5.54 Å². The normalized spacial score (nSPS) is 26.2. The van der Waals surface area contributed by atoms with E-state index in [1.807, 2.05) is 23.6 Å². The second-order valence-electron chi connectivity index (χ2n) is 5.68. The molecule has 3 atom stereocenters. The predicted octanol–water partition coefficient (Wildman–Crippen LogP) is 1.43. The number of carbonyl (C=O) groups is 1. The Morgan fingerprint density at radius 1 is 1.47 bits per heavy atom. The fraction of sp³-hybridized carbons (Fsp3) is 0.923. The van der Waals surface area contributed by atoms with Crippen molar-refractivity contribution in [2.45, 2.75) is 43.5 Å². The summed E-state index contributed by atoms with van der Waals surface area (Å²) in [5, 5.41) is 0.487. The van der Waals surface area contributed by atoms with Crippen LogP contribution in [-0.2, 0) is 4.79 Å². The van der Waals surface area contributed by atoms with E-state index in [1.165, 1.54) is 0 Å². The second kappa shape index (κ2) is 7.72. The third-order valence-electron chi connectivity index (χ3n) is 3.75. The Morgan fingerprint density at radius 3 is 2.42 bits per heavy atom. The van der Waals surface area contributed by atoms with Crippen LogP contribution in [0.1, 0.15) is 26.7 Å². The van der Waals surface area contributed by atoms with Crippen molar-refractivity contribution in [1.82, 2.24) is 9.80 Å². The lowest BCUT2D eigenvalue weighted by Gasteiger charge is -2.29. The highest BCUT2D eigenvalue weighted by atomic mass is 35.5. The molecule has 1 amide bonds. The summed E-state index contributed by atoms with van der Waals surface area (Å²) in [6.45, 7) is 5.54. The molecule has 2 N–H and O–H groups in total. The van der Waals surface area contributed by atoms with Gasteiger partial charge in [-0.05, 0) is 33.7 Å². The molecule has 114 valence electrons. The van der Waals surface area contributed by atoms with Crippen LogP contribution in [-0.4, -0.2) is 66.0 Å². The van der Waals surface area contributed by atoms with Gasteiger partial charge in [-0.25, -0.2) is 0 Å². The highest BCUT2D eigenvalue weighted by Crippen LogP contribution is 2.26. The first-order chi connectivity index (χ1) is 8.33. The smallest absolute Gasteiger partial charge is 0.242 e. The zero-order valence-corrected chi connectivity index (χ0v) is 14.3. The minimum Gasteiger partial charge on any atom is -0.338 e. The van der Waals surface area contributed by atoms with Crippen molar-refractivity contribution in [2.24, 2.45) is 5.73 Å². The molecule has 19 heavy (non-hydrogen) atoms. The van der Waals surface area contributed by atoms with Gasteiger partial charge in [-0.1, -0.05) is 13.3 Å². The minimum absolute atomic E-state index is 0. The summed E-state index contributed by atoms with van der Waals surface area (Å²) in [6.07, 6.45) is 3.80. The van der Waals surface area contributed by atoms with Crippen LogP contribution in [0, 0.1) is 0 Å². The molecule has 4 nitrogen and oxygen atoms in total. The Bertz CT molecular complexity index is 300. The average Bonchev–Trinajstić information content (AvgIpc) is 2.71. The lowest BCUT2D eigenvalue weighted by Crippen LogP contribution is -2.53. The monoisotopic (exact) mass is 309 g/mol. The van der Waals surface area contributed by atoms with Crippen LogP contribution in [0.2, 0.25) is 0 Å². The van der Waals surface area contributed by atoms with Crippen LogP contribution in [0.3, 0.4) is 0 Å². The van der Waals surface area contributed by atoms with E-state index in [0.717, 1.165) is 25.9 Å². The number of likely N-dealkylation sites (N-methyl/N-ethyl adjacent to an activating group) is 1. The van der Waals surface area contributed by atoms with Crippen molar-refractivity contribution in [1.29, 1.82) is 0 Å². The molecule has 1 fully saturated rings. The molecule has 0 aliphatic carbocycles. The van der Waals surface area contributed by atoms with E-state index in [2.05, 4.69) is 32.2 Å².